The van der Waals surface area contributed by atoms with Gasteiger partial charge in [0.1, 0.15) is 6.10 Å². The second kappa shape index (κ2) is 4.61. The molecule has 98 valence electrons. The van der Waals surface area contributed by atoms with Crippen molar-refractivity contribution in [3.8, 4) is 0 Å². The van der Waals surface area contributed by atoms with E-state index in [1.165, 1.54) is 0 Å². The van der Waals surface area contributed by atoms with Crippen LogP contribution >= 0.6 is 0 Å². The Morgan fingerprint density at radius 3 is 2.67 bits per heavy atom. The van der Waals surface area contributed by atoms with E-state index >= 15 is 0 Å². The summed E-state index contributed by atoms with van der Waals surface area (Å²) in [5.74, 6) is -0.476. The van der Waals surface area contributed by atoms with Crippen LogP contribution in [0.5, 0.6) is 0 Å². The van der Waals surface area contributed by atoms with E-state index in [9.17, 15) is 18.0 Å². The fourth-order valence-electron chi connectivity index (χ4n) is 1.90. The largest absolute Gasteiger partial charge is 0.416 e. The molecular weight excluding hydrogens is 247 g/mol. The summed E-state index contributed by atoms with van der Waals surface area (Å²) in [5.41, 5.74) is 4.61. The lowest BCUT2D eigenvalue weighted by Gasteiger charge is -2.13. The van der Waals surface area contributed by atoms with Crippen molar-refractivity contribution in [1.82, 2.24) is 0 Å². The SMILES string of the molecule is Nc1ccc(C(F)(F)F)cc1C(=O)C1CCCO1. The van der Waals surface area contributed by atoms with Crippen molar-refractivity contribution in [3.63, 3.8) is 0 Å². The minimum atomic E-state index is -4.49. The zero-order valence-corrected chi connectivity index (χ0v) is 9.46. The van der Waals surface area contributed by atoms with Crippen molar-refractivity contribution in [2.45, 2.75) is 25.1 Å². The first-order chi connectivity index (χ1) is 8.39. The Balaban J connectivity index is 2.34. The maximum atomic E-state index is 12.6. The van der Waals surface area contributed by atoms with Gasteiger partial charge in [0, 0.05) is 17.9 Å². The van der Waals surface area contributed by atoms with Gasteiger partial charge in [-0.3, -0.25) is 4.79 Å². The van der Waals surface area contributed by atoms with E-state index in [1.54, 1.807) is 0 Å². The van der Waals surface area contributed by atoms with E-state index in [0.29, 0.717) is 13.0 Å². The molecule has 2 N–H and O–H groups in total. The van der Waals surface area contributed by atoms with Gasteiger partial charge in [-0.05, 0) is 31.0 Å². The molecule has 0 spiro atoms. The maximum Gasteiger partial charge on any atom is 0.416 e. The molecular formula is C12H12F3NO2. The number of Topliss-reactive ketones (excluding diaryl/α,β-unsaturated/α-hetero) is 1. The molecule has 1 aromatic carbocycles. The fourth-order valence-corrected chi connectivity index (χ4v) is 1.90. The van der Waals surface area contributed by atoms with Crippen LogP contribution in [-0.2, 0) is 10.9 Å². The topological polar surface area (TPSA) is 52.3 Å². The number of rotatable bonds is 2. The summed E-state index contributed by atoms with van der Waals surface area (Å²) in [7, 11) is 0. The second-order valence-corrected chi connectivity index (χ2v) is 4.17. The van der Waals surface area contributed by atoms with Gasteiger partial charge in [-0.1, -0.05) is 0 Å². The molecule has 6 heteroatoms. The van der Waals surface area contributed by atoms with Gasteiger partial charge in [0.05, 0.1) is 5.56 Å². The summed E-state index contributed by atoms with van der Waals surface area (Å²) in [5, 5.41) is 0. The number of anilines is 1. The number of carbonyl (C=O) groups excluding carboxylic acids is 1. The van der Waals surface area contributed by atoms with Crippen LogP contribution in [0.4, 0.5) is 18.9 Å². The molecule has 0 aliphatic carbocycles. The molecule has 1 aromatic rings. The lowest BCUT2D eigenvalue weighted by Crippen LogP contribution is -2.21. The van der Waals surface area contributed by atoms with Crippen LogP contribution in [-0.4, -0.2) is 18.5 Å². The highest BCUT2D eigenvalue weighted by atomic mass is 19.4. The van der Waals surface area contributed by atoms with Crippen molar-refractivity contribution in [2.75, 3.05) is 12.3 Å². The van der Waals surface area contributed by atoms with Crippen LogP contribution in [0.3, 0.4) is 0 Å². The molecule has 3 nitrogen and oxygen atoms in total. The zero-order valence-electron chi connectivity index (χ0n) is 9.46. The van der Waals surface area contributed by atoms with Gasteiger partial charge >= 0.3 is 6.18 Å². The van der Waals surface area contributed by atoms with Gasteiger partial charge < -0.3 is 10.5 Å². The second-order valence-electron chi connectivity index (χ2n) is 4.17. The third-order valence-corrected chi connectivity index (χ3v) is 2.87. The minimum absolute atomic E-state index is 0.0449. The number of nitrogens with two attached hydrogens (primary N) is 1. The molecule has 0 aromatic heterocycles. The first-order valence-corrected chi connectivity index (χ1v) is 5.52. The Kier molecular flexibility index (Phi) is 3.30. The van der Waals surface area contributed by atoms with Crippen LogP contribution in [0.2, 0.25) is 0 Å². The number of nitrogen functional groups attached to an aromatic ring is 1. The molecule has 1 heterocycles. The molecule has 1 aliphatic rings. The van der Waals surface area contributed by atoms with Crippen LogP contribution in [0.1, 0.15) is 28.8 Å². The summed E-state index contributed by atoms with van der Waals surface area (Å²) in [6.45, 7) is 0.454. The number of benzene rings is 1. The molecule has 1 atom stereocenters. The van der Waals surface area contributed by atoms with Crippen LogP contribution < -0.4 is 5.73 Å². The number of alkyl halides is 3. The summed E-state index contributed by atoms with van der Waals surface area (Å²) in [6.07, 6.45) is -3.90. The van der Waals surface area contributed by atoms with Gasteiger partial charge in [-0.15, -0.1) is 0 Å². The van der Waals surface area contributed by atoms with Crippen molar-refractivity contribution in [1.29, 1.82) is 0 Å². The maximum absolute atomic E-state index is 12.6. The third kappa shape index (κ3) is 2.48. The van der Waals surface area contributed by atoms with Gasteiger partial charge in [-0.2, -0.15) is 13.2 Å². The Morgan fingerprint density at radius 2 is 2.11 bits per heavy atom. The predicted octanol–water partition coefficient (Wildman–Crippen LogP) is 2.65. The number of hydrogen-bond acceptors (Lipinski definition) is 3. The van der Waals surface area contributed by atoms with Crippen LogP contribution in [0, 0.1) is 0 Å². The monoisotopic (exact) mass is 259 g/mol. The highest BCUT2D eigenvalue weighted by Crippen LogP contribution is 2.32. The number of ether oxygens (including phenoxy) is 1. The highest BCUT2D eigenvalue weighted by Gasteiger charge is 2.33. The standard InChI is InChI=1S/C12H12F3NO2/c13-12(14,15)7-3-4-9(16)8(6-7)11(17)10-2-1-5-18-10/h3-4,6,10H,1-2,5,16H2. The number of carbonyl (C=O) groups is 1. The summed E-state index contributed by atoms with van der Waals surface area (Å²) >= 11 is 0. The molecule has 1 fully saturated rings. The average Bonchev–Trinajstić information content (AvgIpc) is 2.80. The van der Waals surface area contributed by atoms with Crippen LogP contribution in [0.25, 0.3) is 0 Å². The van der Waals surface area contributed by atoms with Crippen LogP contribution in [0.15, 0.2) is 18.2 Å². The van der Waals surface area contributed by atoms with E-state index in [4.69, 9.17) is 10.5 Å². The smallest absolute Gasteiger partial charge is 0.398 e. The Hall–Kier alpha value is -1.56. The Morgan fingerprint density at radius 1 is 1.39 bits per heavy atom. The van der Waals surface area contributed by atoms with E-state index in [1.807, 2.05) is 0 Å². The Labute approximate surface area is 102 Å². The first-order valence-electron chi connectivity index (χ1n) is 5.52. The van der Waals surface area contributed by atoms with Crippen molar-refractivity contribution in [3.05, 3.63) is 29.3 Å². The molecule has 0 saturated carbocycles. The molecule has 0 bridgehead atoms. The van der Waals surface area contributed by atoms with Gasteiger partial charge in [-0.25, -0.2) is 0 Å². The van der Waals surface area contributed by atoms with Crippen molar-refractivity contribution < 1.29 is 22.7 Å². The van der Waals surface area contributed by atoms with Gasteiger partial charge in [0.25, 0.3) is 0 Å². The lowest BCUT2D eigenvalue weighted by molar-refractivity contribution is -0.137. The van der Waals surface area contributed by atoms with Gasteiger partial charge in [0.15, 0.2) is 5.78 Å². The Bertz CT molecular complexity index is 465. The lowest BCUT2D eigenvalue weighted by atomic mass is 10.00. The first kappa shape index (κ1) is 12.9. The highest BCUT2D eigenvalue weighted by molar-refractivity contribution is 6.04. The molecule has 18 heavy (non-hydrogen) atoms. The number of halogens is 3. The summed E-state index contributed by atoms with van der Waals surface area (Å²) in [6, 6.07) is 2.76. The quantitative estimate of drug-likeness (QED) is 0.656. The van der Waals surface area contributed by atoms with E-state index in [-0.39, 0.29) is 11.3 Å². The molecule has 2 rings (SSSR count). The number of hydrogen-bond donors (Lipinski definition) is 1. The van der Waals surface area contributed by atoms with E-state index in [2.05, 4.69) is 0 Å². The normalized spacial score (nSPS) is 20.1. The summed E-state index contributed by atoms with van der Waals surface area (Å²) in [4.78, 5) is 12.0. The minimum Gasteiger partial charge on any atom is -0.398 e. The van der Waals surface area contributed by atoms with E-state index < -0.39 is 23.6 Å². The average molecular weight is 259 g/mol. The summed E-state index contributed by atoms with van der Waals surface area (Å²) < 4.78 is 42.8. The number of ketones is 1. The fraction of sp³-hybridized carbons (Fsp3) is 0.417. The van der Waals surface area contributed by atoms with Crippen molar-refractivity contribution >= 4 is 11.5 Å². The predicted molar refractivity (Wildman–Crippen MR) is 59.2 cm³/mol. The van der Waals surface area contributed by atoms with Gasteiger partial charge in [0.2, 0.25) is 0 Å². The van der Waals surface area contributed by atoms with Crippen molar-refractivity contribution in [2.24, 2.45) is 0 Å². The molecule has 1 aliphatic heterocycles. The molecule has 1 saturated heterocycles. The molecule has 1 unspecified atom stereocenters. The molecule has 0 amide bonds. The van der Waals surface area contributed by atoms with E-state index in [0.717, 1.165) is 24.6 Å². The zero-order chi connectivity index (χ0) is 13.3. The third-order valence-electron chi connectivity index (χ3n) is 2.87. The molecule has 0 radical (unpaired) electrons.